The van der Waals surface area contributed by atoms with Crippen molar-refractivity contribution in [1.82, 2.24) is 4.98 Å². The summed E-state index contributed by atoms with van der Waals surface area (Å²) in [5.41, 5.74) is 2.57. The number of pyridine rings is 1. The minimum absolute atomic E-state index is 0.0835. The van der Waals surface area contributed by atoms with Gasteiger partial charge in [0.1, 0.15) is 11.1 Å². The van der Waals surface area contributed by atoms with Crippen molar-refractivity contribution < 1.29 is 4.79 Å². The highest BCUT2D eigenvalue weighted by Crippen LogP contribution is 2.43. The van der Waals surface area contributed by atoms with Crippen molar-refractivity contribution in [3.05, 3.63) is 57.2 Å². The molecule has 3 nitrogen and oxygen atoms in total. The van der Waals surface area contributed by atoms with Gasteiger partial charge < -0.3 is 0 Å². The molecule has 0 N–H and O–H groups in total. The normalized spacial score (nSPS) is 13.6. The maximum Gasteiger partial charge on any atom is 0.183 e. The van der Waals surface area contributed by atoms with Crippen LogP contribution in [0.5, 0.6) is 0 Å². The molecule has 0 bridgehead atoms. The van der Waals surface area contributed by atoms with Crippen molar-refractivity contribution in [2.45, 2.75) is 23.8 Å². The van der Waals surface area contributed by atoms with Gasteiger partial charge in [0.15, 0.2) is 5.78 Å². The molecule has 124 valence electrons. The number of carbonyl (C=O) groups excluding carboxylic acids is 1. The Bertz CT molecular complexity index is 936. The average molecular weight is 383 g/mol. The van der Waals surface area contributed by atoms with Crippen LogP contribution < -0.4 is 0 Å². The van der Waals surface area contributed by atoms with E-state index in [4.69, 9.17) is 4.98 Å². The number of nitrogens with zero attached hydrogens (tertiary/aromatic N) is 2. The molecule has 0 spiro atoms. The second-order valence-corrected chi connectivity index (χ2v) is 8.69. The van der Waals surface area contributed by atoms with Gasteiger partial charge in [0.2, 0.25) is 0 Å². The van der Waals surface area contributed by atoms with Gasteiger partial charge >= 0.3 is 0 Å². The lowest BCUT2D eigenvalue weighted by molar-refractivity contribution is 0.102. The topological polar surface area (TPSA) is 53.8 Å². The van der Waals surface area contributed by atoms with Gasteiger partial charge in [-0.05, 0) is 41.8 Å². The number of carbonyl (C=O) groups is 1. The summed E-state index contributed by atoms with van der Waals surface area (Å²) in [5, 5.41) is 14.3. The molecule has 1 aliphatic carbocycles. The van der Waals surface area contributed by atoms with Crippen molar-refractivity contribution in [1.29, 1.82) is 5.26 Å². The zero-order valence-corrected chi connectivity index (χ0v) is 15.7. The van der Waals surface area contributed by atoms with Crippen LogP contribution in [0.2, 0.25) is 0 Å². The monoisotopic (exact) mass is 382 g/mol. The molecule has 3 heterocycles. The first kappa shape index (κ1) is 16.5. The highest BCUT2D eigenvalue weighted by atomic mass is 32.2. The maximum absolute atomic E-state index is 12.3. The molecule has 0 saturated heterocycles. The van der Waals surface area contributed by atoms with Crippen molar-refractivity contribution >= 4 is 40.2 Å². The molecule has 0 amide bonds. The molecule has 0 aliphatic heterocycles. The van der Waals surface area contributed by atoms with Crippen LogP contribution in [0.15, 0.2) is 46.1 Å². The molecular formula is C19H14N2OS3. The summed E-state index contributed by atoms with van der Waals surface area (Å²) in [5.74, 6) is 0.888. The third-order valence-electron chi connectivity index (χ3n) is 4.04. The van der Waals surface area contributed by atoms with E-state index in [1.165, 1.54) is 23.1 Å². The molecule has 0 radical (unpaired) electrons. The van der Waals surface area contributed by atoms with Crippen molar-refractivity contribution in [3.8, 4) is 16.5 Å². The van der Waals surface area contributed by atoms with E-state index in [0.717, 1.165) is 33.9 Å². The third-order valence-corrected chi connectivity index (χ3v) is 6.83. The number of ketones is 1. The average Bonchev–Trinajstić information content (AvgIpc) is 3.12. The molecular weight excluding hydrogens is 368 g/mol. The third kappa shape index (κ3) is 3.54. The van der Waals surface area contributed by atoms with E-state index in [0.29, 0.717) is 22.3 Å². The number of thioether (sulfide) groups is 1. The van der Waals surface area contributed by atoms with E-state index < -0.39 is 0 Å². The second-order valence-electron chi connectivity index (χ2n) is 5.83. The molecule has 0 aromatic carbocycles. The fourth-order valence-corrected chi connectivity index (χ4v) is 5.01. The Morgan fingerprint density at radius 3 is 2.72 bits per heavy atom. The lowest BCUT2D eigenvalue weighted by Gasteiger charge is -2.10. The van der Waals surface area contributed by atoms with Crippen LogP contribution in [-0.2, 0) is 0 Å². The van der Waals surface area contributed by atoms with Crippen LogP contribution in [0.4, 0.5) is 0 Å². The summed E-state index contributed by atoms with van der Waals surface area (Å²) in [6.45, 7) is 0. The summed E-state index contributed by atoms with van der Waals surface area (Å²) in [6.07, 6.45) is 2.31. The quantitative estimate of drug-likeness (QED) is 0.411. The Hall–Kier alpha value is -1.94. The predicted octanol–water partition coefficient (Wildman–Crippen LogP) is 5.60. The molecule has 4 rings (SSSR count). The lowest BCUT2D eigenvalue weighted by Crippen LogP contribution is -2.02. The van der Waals surface area contributed by atoms with Crippen LogP contribution in [-0.4, -0.2) is 16.5 Å². The number of thiophene rings is 2. The van der Waals surface area contributed by atoms with E-state index in [2.05, 4.69) is 12.1 Å². The fraction of sp³-hybridized carbons (Fsp3) is 0.211. The Morgan fingerprint density at radius 2 is 2.08 bits per heavy atom. The second kappa shape index (κ2) is 7.12. The molecule has 3 aromatic rings. The van der Waals surface area contributed by atoms with Crippen LogP contribution in [0.3, 0.4) is 0 Å². The van der Waals surface area contributed by atoms with Gasteiger partial charge in [0, 0.05) is 22.1 Å². The van der Waals surface area contributed by atoms with Crippen molar-refractivity contribution in [2.24, 2.45) is 0 Å². The minimum atomic E-state index is 0.0835. The summed E-state index contributed by atoms with van der Waals surface area (Å²) in [6, 6.07) is 12.1. The Kier molecular flexibility index (Phi) is 4.71. The highest BCUT2D eigenvalue weighted by molar-refractivity contribution is 8.00. The molecule has 0 atom stereocenters. The van der Waals surface area contributed by atoms with Crippen LogP contribution in [0, 0.1) is 11.3 Å². The standard InChI is InChI=1S/C19H14N2OS3/c20-10-14-13(17-3-1-7-23-17)9-15(12-5-6-12)21-19(14)25-11-16(22)18-4-2-8-24-18/h1-4,7-9,12H,5-6,11H2. The summed E-state index contributed by atoms with van der Waals surface area (Å²) < 4.78 is 0. The molecule has 6 heteroatoms. The van der Waals surface area contributed by atoms with Crippen LogP contribution >= 0.6 is 34.4 Å². The number of aromatic nitrogens is 1. The van der Waals surface area contributed by atoms with Crippen LogP contribution in [0.25, 0.3) is 10.4 Å². The molecule has 0 unspecified atom stereocenters. The molecule has 3 aromatic heterocycles. The van der Waals surface area contributed by atoms with Crippen LogP contribution in [0.1, 0.15) is 39.7 Å². The molecule has 1 aliphatic rings. The van der Waals surface area contributed by atoms with E-state index in [-0.39, 0.29) is 5.78 Å². The van der Waals surface area contributed by atoms with E-state index in [9.17, 15) is 10.1 Å². The summed E-state index contributed by atoms with van der Waals surface area (Å²) in [4.78, 5) is 18.9. The van der Waals surface area contributed by atoms with Gasteiger partial charge in [0.25, 0.3) is 0 Å². The first-order chi connectivity index (χ1) is 12.3. The van der Waals surface area contributed by atoms with Gasteiger partial charge in [-0.3, -0.25) is 4.79 Å². The molecule has 1 fully saturated rings. The number of hydrogen-bond donors (Lipinski definition) is 0. The number of nitriles is 1. The van der Waals surface area contributed by atoms with Crippen molar-refractivity contribution in [2.75, 3.05) is 5.75 Å². The zero-order chi connectivity index (χ0) is 17.2. The largest absolute Gasteiger partial charge is 0.292 e. The van der Waals surface area contributed by atoms with Gasteiger partial charge in [0.05, 0.1) is 16.2 Å². The van der Waals surface area contributed by atoms with Crippen molar-refractivity contribution in [3.63, 3.8) is 0 Å². The van der Waals surface area contributed by atoms with Gasteiger partial charge in [-0.25, -0.2) is 4.98 Å². The number of Topliss-reactive ketones (excluding diaryl/α,β-unsaturated/α-hetero) is 1. The highest BCUT2D eigenvalue weighted by Gasteiger charge is 2.28. The maximum atomic E-state index is 12.3. The fourth-order valence-electron chi connectivity index (χ4n) is 2.61. The van der Waals surface area contributed by atoms with Gasteiger partial charge in [-0.2, -0.15) is 5.26 Å². The van der Waals surface area contributed by atoms with Gasteiger partial charge in [-0.1, -0.05) is 23.9 Å². The zero-order valence-electron chi connectivity index (χ0n) is 13.3. The van der Waals surface area contributed by atoms with Gasteiger partial charge in [-0.15, -0.1) is 22.7 Å². The molecule has 1 saturated carbocycles. The molecule has 25 heavy (non-hydrogen) atoms. The predicted molar refractivity (Wildman–Crippen MR) is 104 cm³/mol. The first-order valence-electron chi connectivity index (χ1n) is 7.94. The Labute approximate surface area is 158 Å². The number of hydrogen-bond acceptors (Lipinski definition) is 6. The van der Waals surface area contributed by atoms with E-state index in [1.807, 2.05) is 35.0 Å². The first-order valence-corrected chi connectivity index (χ1v) is 10.7. The Balaban J connectivity index is 1.68. The number of rotatable bonds is 6. The smallest absolute Gasteiger partial charge is 0.183 e. The van der Waals surface area contributed by atoms with E-state index in [1.54, 1.807) is 11.3 Å². The SMILES string of the molecule is N#Cc1c(-c2cccs2)cc(C2CC2)nc1SCC(=O)c1cccs1. The summed E-state index contributed by atoms with van der Waals surface area (Å²) in [7, 11) is 0. The minimum Gasteiger partial charge on any atom is -0.292 e. The summed E-state index contributed by atoms with van der Waals surface area (Å²) >= 11 is 4.45. The van der Waals surface area contributed by atoms with E-state index >= 15 is 0 Å². The Morgan fingerprint density at radius 1 is 1.28 bits per heavy atom. The lowest BCUT2D eigenvalue weighted by atomic mass is 10.1.